The Balaban J connectivity index is 1.72. The van der Waals surface area contributed by atoms with Crippen molar-refractivity contribution in [1.82, 2.24) is 20.2 Å². The van der Waals surface area contributed by atoms with E-state index in [1.807, 2.05) is 6.07 Å². The Morgan fingerprint density at radius 3 is 2.53 bits per heavy atom. The van der Waals surface area contributed by atoms with Crippen molar-refractivity contribution in [3.8, 4) is 0 Å². The summed E-state index contributed by atoms with van der Waals surface area (Å²) < 4.78 is 0. The number of pyridine rings is 1. The van der Waals surface area contributed by atoms with E-state index in [2.05, 4.69) is 27.1 Å². The predicted molar refractivity (Wildman–Crippen MR) is 76.8 cm³/mol. The van der Waals surface area contributed by atoms with Crippen LogP contribution in [0.1, 0.15) is 57.7 Å². The fourth-order valence-electron chi connectivity index (χ4n) is 2.17. The Morgan fingerprint density at radius 2 is 1.68 bits per heavy atom. The maximum Gasteiger partial charge on any atom is 0.151 e. The molecule has 0 atom stereocenters. The Hall–Kier alpha value is -1.58. The lowest BCUT2D eigenvalue weighted by molar-refractivity contribution is 0.583. The molecule has 4 nitrogen and oxygen atoms in total. The number of aromatic nitrogens is 4. The minimum absolute atomic E-state index is 0.818. The van der Waals surface area contributed by atoms with Crippen molar-refractivity contribution in [2.75, 3.05) is 0 Å². The molecule has 0 aromatic carbocycles. The minimum Gasteiger partial charge on any atom is -0.262 e. The molecule has 0 spiro atoms. The number of hydrogen-bond donors (Lipinski definition) is 0. The molecule has 0 unspecified atom stereocenters. The molecule has 19 heavy (non-hydrogen) atoms. The lowest BCUT2D eigenvalue weighted by Gasteiger charge is -2.01. The Morgan fingerprint density at radius 1 is 0.895 bits per heavy atom. The average molecular weight is 258 g/mol. The van der Waals surface area contributed by atoms with Crippen LogP contribution in [0.15, 0.2) is 18.5 Å². The molecule has 2 aromatic heterocycles. The normalized spacial score (nSPS) is 11.0. The van der Waals surface area contributed by atoms with Gasteiger partial charge in [0.25, 0.3) is 0 Å². The van der Waals surface area contributed by atoms with E-state index in [0.29, 0.717) is 0 Å². The number of aryl methyl sites for hydroxylation is 1. The van der Waals surface area contributed by atoms with E-state index in [9.17, 15) is 0 Å². The molecule has 0 fully saturated rings. The van der Waals surface area contributed by atoms with Gasteiger partial charge in [0.05, 0.1) is 6.20 Å². The van der Waals surface area contributed by atoms with Crippen molar-refractivity contribution < 1.29 is 0 Å². The van der Waals surface area contributed by atoms with Gasteiger partial charge in [-0.3, -0.25) is 4.98 Å². The second-order valence-electron chi connectivity index (χ2n) is 4.96. The largest absolute Gasteiger partial charge is 0.262 e. The van der Waals surface area contributed by atoms with E-state index < -0.39 is 0 Å². The van der Waals surface area contributed by atoms with Gasteiger partial charge >= 0.3 is 0 Å². The first-order valence-electron chi connectivity index (χ1n) is 7.33. The number of nitrogens with zero attached hydrogens (tertiary/aromatic N) is 4. The summed E-state index contributed by atoms with van der Waals surface area (Å²) in [6.07, 6.45) is 13.5. The average Bonchev–Trinajstić information content (AvgIpc) is 2.46. The van der Waals surface area contributed by atoms with Crippen molar-refractivity contribution in [2.24, 2.45) is 0 Å². The van der Waals surface area contributed by atoms with Crippen LogP contribution < -0.4 is 0 Å². The molecular weight excluding hydrogens is 236 g/mol. The van der Waals surface area contributed by atoms with Crippen LogP contribution in [0.4, 0.5) is 0 Å². The Bertz CT molecular complexity index is 498. The summed E-state index contributed by atoms with van der Waals surface area (Å²) in [7, 11) is 0. The maximum absolute atomic E-state index is 4.49. The van der Waals surface area contributed by atoms with Crippen molar-refractivity contribution in [2.45, 2.75) is 58.3 Å². The molecule has 0 aliphatic heterocycles. The molecular formula is C15H22N4. The van der Waals surface area contributed by atoms with Gasteiger partial charge in [-0.1, -0.05) is 45.4 Å². The number of hydrogen-bond acceptors (Lipinski definition) is 4. The summed E-state index contributed by atoms with van der Waals surface area (Å²) in [5.74, 6) is 0.842. The van der Waals surface area contributed by atoms with Gasteiger partial charge in [-0.15, -0.1) is 10.2 Å². The molecule has 2 rings (SSSR count). The highest BCUT2D eigenvalue weighted by Gasteiger charge is 2.01. The molecule has 0 aliphatic rings. The van der Waals surface area contributed by atoms with E-state index in [-0.39, 0.29) is 0 Å². The van der Waals surface area contributed by atoms with E-state index >= 15 is 0 Å². The van der Waals surface area contributed by atoms with Gasteiger partial charge in [-0.2, -0.15) is 0 Å². The first-order valence-corrected chi connectivity index (χ1v) is 7.33. The second-order valence-corrected chi connectivity index (χ2v) is 4.96. The first kappa shape index (κ1) is 13.8. The number of unbranched alkanes of at least 4 members (excludes halogenated alkanes) is 6. The van der Waals surface area contributed by atoms with Crippen LogP contribution in [0.25, 0.3) is 11.0 Å². The van der Waals surface area contributed by atoms with Gasteiger partial charge < -0.3 is 0 Å². The molecule has 4 heteroatoms. The third-order valence-electron chi connectivity index (χ3n) is 3.30. The highest BCUT2D eigenvalue weighted by Crippen LogP contribution is 2.10. The third-order valence-corrected chi connectivity index (χ3v) is 3.30. The zero-order valence-electron chi connectivity index (χ0n) is 11.7. The predicted octanol–water partition coefficient (Wildman–Crippen LogP) is 3.71. The summed E-state index contributed by atoms with van der Waals surface area (Å²) in [4.78, 5) is 8.55. The lowest BCUT2D eigenvalue weighted by atomic mass is 10.1. The molecule has 0 saturated heterocycles. The van der Waals surface area contributed by atoms with Crippen LogP contribution in [0, 0.1) is 0 Å². The second kappa shape index (κ2) is 7.77. The van der Waals surface area contributed by atoms with Gasteiger partial charge in [-0.05, 0) is 12.5 Å². The molecule has 2 heterocycles. The lowest BCUT2D eigenvalue weighted by Crippen LogP contribution is -1.99. The summed E-state index contributed by atoms with van der Waals surface area (Å²) in [6, 6.07) is 1.84. The van der Waals surface area contributed by atoms with E-state index in [1.165, 1.54) is 38.5 Å². The van der Waals surface area contributed by atoms with Gasteiger partial charge in [0.1, 0.15) is 11.0 Å². The van der Waals surface area contributed by atoms with E-state index in [4.69, 9.17) is 0 Å². The fourth-order valence-corrected chi connectivity index (χ4v) is 2.17. The van der Waals surface area contributed by atoms with Gasteiger partial charge in [0, 0.05) is 12.6 Å². The minimum atomic E-state index is 0.818. The monoisotopic (exact) mass is 258 g/mol. The molecule has 0 aliphatic carbocycles. The topological polar surface area (TPSA) is 51.6 Å². The summed E-state index contributed by atoms with van der Waals surface area (Å²) in [6.45, 7) is 2.25. The standard InChI is InChI=1S/C15H22N4/c1-2-3-4-5-6-7-8-9-15-17-14-12-16-11-10-13(14)18-19-15/h10-12H,2-9H2,1H3. The Kier molecular flexibility index (Phi) is 5.66. The van der Waals surface area contributed by atoms with Crippen LogP contribution in [-0.2, 0) is 6.42 Å². The zero-order valence-corrected chi connectivity index (χ0v) is 11.7. The van der Waals surface area contributed by atoms with Crippen molar-refractivity contribution in [3.05, 3.63) is 24.3 Å². The maximum atomic E-state index is 4.49. The van der Waals surface area contributed by atoms with Gasteiger partial charge in [0.2, 0.25) is 0 Å². The van der Waals surface area contributed by atoms with E-state index in [0.717, 1.165) is 29.7 Å². The molecule has 102 valence electrons. The van der Waals surface area contributed by atoms with E-state index in [1.54, 1.807) is 12.4 Å². The Labute approximate surface area is 114 Å². The number of fused-ring (bicyclic) bond motifs is 1. The van der Waals surface area contributed by atoms with Gasteiger partial charge in [0.15, 0.2) is 5.82 Å². The van der Waals surface area contributed by atoms with Crippen LogP contribution in [0.3, 0.4) is 0 Å². The van der Waals surface area contributed by atoms with Crippen molar-refractivity contribution in [3.63, 3.8) is 0 Å². The van der Waals surface area contributed by atoms with Crippen molar-refractivity contribution in [1.29, 1.82) is 0 Å². The smallest absolute Gasteiger partial charge is 0.151 e. The summed E-state index contributed by atoms with van der Waals surface area (Å²) >= 11 is 0. The van der Waals surface area contributed by atoms with Crippen LogP contribution in [0.2, 0.25) is 0 Å². The quantitative estimate of drug-likeness (QED) is 0.677. The molecule has 0 bridgehead atoms. The fraction of sp³-hybridized carbons (Fsp3) is 0.600. The number of rotatable bonds is 8. The highest BCUT2D eigenvalue weighted by atomic mass is 15.1. The van der Waals surface area contributed by atoms with Crippen LogP contribution in [0.5, 0.6) is 0 Å². The van der Waals surface area contributed by atoms with Crippen LogP contribution >= 0.6 is 0 Å². The van der Waals surface area contributed by atoms with Crippen molar-refractivity contribution >= 4 is 11.0 Å². The highest BCUT2D eigenvalue weighted by molar-refractivity contribution is 5.71. The summed E-state index contributed by atoms with van der Waals surface area (Å²) in [5, 5.41) is 8.33. The molecule has 0 radical (unpaired) electrons. The molecule has 0 amide bonds. The third kappa shape index (κ3) is 4.54. The zero-order chi connectivity index (χ0) is 13.3. The van der Waals surface area contributed by atoms with Gasteiger partial charge in [-0.25, -0.2) is 4.98 Å². The van der Waals surface area contributed by atoms with Crippen LogP contribution in [-0.4, -0.2) is 20.2 Å². The molecule has 2 aromatic rings. The molecule has 0 saturated carbocycles. The first-order chi connectivity index (χ1) is 9.40. The summed E-state index contributed by atoms with van der Waals surface area (Å²) in [5.41, 5.74) is 1.66. The SMILES string of the molecule is CCCCCCCCCc1nnc2ccncc2n1. The molecule has 0 N–H and O–H groups in total.